The third kappa shape index (κ3) is 2.02. The molecule has 0 bridgehead atoms. The van der Waals surface area contributed by atoms with Crippen LogP contribution >= 0.6 is 0 Å². The Labute approximate surface area is 104 Å². The van der Waals surface area contributed by atoms with Crippen molar-refractivity contribution in [1.29, 1.82) is 0 Å². The molecule has 0 amide bonds. The Morgan fingerprint density at radius 3 is 2.78 bits per heavy atom. The number of hydrogen-bond acceptors (Lipinski definition) is 6. The largest absolute Gasteiger partial charge is 0.504 e. The molecule has 0 fully saturated rings. The van der Waals surface area contributed by atoms with Gasteiger partial charge in [0.05, 0.1) is 19.2 Å². The zero-order valence-electron chi connectivity index (χ0n) is 10.3. The quantitative estimate of drug-likeness (QED) is 0.852. The van der Waals surface area contributed by atoms with E-state index < -0.39 is 0 Å². The highest BCUT2D eigenvalue weighted by molar-refractivity contribution is 5.71. The van der Waals surface area contributed by atoms with Gasteiger partial charge in [0.25, 0.3) is 0 Å². The fraction of sp³-hybridized carbons (Fsp3) is 0.333. The van der Waals surface area contributed by atoms with Crippen LogP contribution in [0, 0.1) is 0 Å². The highest BCUT2D eigenvalue weighted by Crippen LogP contribution is 2.38. The molecule has 6 heteroatoms. The molecule has 1 aromatic heterocycles. The molecule has 3 N–H and O–H groups in total. The monoisotopic (exact) mass is 249 g/mol. The van der Waals surface area contributed by atoms with Crippen molar-refractivity contribution in [2.24, 2.45) is 5.73 Å². The van der Waals surface area contributed by atoms with Gasteiger partial charge in [-0.05, 0) is 18.1 Å². The van der Waals surface area contributed by atoms with Crippen LogP contribution in [0.4, 0.5) is 0 Å². The SMILES string of the molecule is CCc1ccc(OC)c(O)c1-c1noc(CN)n1. The summed E-state index contributed by atoms with van der Waals surface area (Å²) in [7, 11) is 1.49. The first-order chi connectivity index (χ1) is 8.71. The molecule has 18 heavy (non-hydrogen) atoms. The second-order valence-corrected chi connectivity index (χ2v) is 3.72. The number of benzene rings is 1. The van der Waals surface area contributed by atoms with Crippen LogP contribution in [-0.4, -0.2) is 22.4 Å². The number of phenols is 1. The number of aromatic hydroxyl groups is 1. The van der Waals surface area contributed by atoms with E-state index in [1.807, 2.05) is 13.0 Å². The Kier molecular flexibility index (Phi) is 3.47. The molecule has 96 valence electrons. The van der Waals surface area contributed by atoms with Gasteiger partial charge in [0, 0.05) is 0 Å². The van der Waals surface area contributed by atoms with E-state index >= 15 is 0 Å². The summed E-state index contributed by atoms with van der Waals surface area (Å²) < 4.78 is 10.0. The topological polar surface area (TPSA) is 94.4 Å². The van der Waals surface area contributed by atoms with Gasteiger partial charge < -0.3 is 20.1 Å². The summed E-state index contributed by atoms with van der Waals surface area (Å²) in [6.45, 7) is 2.15. The number of nitrogens with two attached hydrogens (primary N) is 1. The fourth-order valence-electron chi connectivity index (χ4n) is 1.76. The molecule has 2 rings (SSSR count). The van der Waals surface area contributed by atoms with Crippen molar-refractivity contribution in [3.8, 4) is 22.9 Å². The lowest BCUT2D eigenvalue weighted by Gasteiger charge is -2.10. The summed E-state index contributed by atoms with van der Waals surface area (Å²) >= 11 is 0. The zero-order chi connectivity index (χ0) is 13.1. The van der Waals surface area contributed by atoms with E-state index in [9.17, 15) is 5.11 Å². The molecule has 0 aliphatic carbocycles. The molecule has 0 saturated carbocycles. The highest BCUT2D eigenvalue weighted by Gasteiger charge is 2.19. The molecule has 0 unspecified atom stereocenters. The lowest BCUT2D eigenvalue weighted by molar-refractivity contribution is 0.371. The number of hydrogen-bond donors (Lipinski definition) is 2. The van der Waals surface area contributed by atoms with Crippen molar-refractivity contribution >= 4 is 0 Å². The Bertz CT molecular complexity index is 551. The van der Waals surface area contributed by atoms with Gasteiger partial charge in [0.2, 0.25) is 11.7 Å². The second-order valence-electron chi connectivity index (χ2n) is 3.72. The lowest BCUT2D eigenvalue weighted by atomic mass is 10.0. The van der Waals surface area contributed by atoms with Gasteiger partial charge >= 0.3 is 0 Å². The van der Waals surface area contributed by atoms with Crippen molar-refractivity contribution in [1.82, 2.24) is 10.1 Å². The molecular formula is C12H15N3O3. The maximum Gasteiger partial charge on any atom is 0.240 e. The highest BCUT2D eigenvalue weighted by atomic mass is 16.5. The van der Waals surface area contributed by atoms with E-state index in [4.69, 9.17) is 15.0 Å². The fourth-order valence-corrected chi connectivity index (χ4v) is 1.76. The van der Waals surface area contributed by atoms with Gasteiger partial charge in [-0.3, -0.25) is 0 Å². The molecule has 0 aliphatic rings. The van der Waals surface area contributed by atoms with Gasteiger partial charge in [-0.2, -0.15) is 4.98 Å². The number of nitrogens with zero attached hydrogens (tertiary/aromatic N) is 2. The van der Waals surface area contributed by atoms with Gasteiger partial charge in [0.15, 0.2) is 11.5 Å². The van der Waals surface area contributed by atoms with E-state index in [1.165, 1.54) is 7.11 Å². The number of aromatic nitrogens is 2. The molecule has 0 radical (unpaired) electrons. The third-order valence-electron chi connectivity index (χ3n) is 2.69. The van der Waals surface area contributed by atoms with E-state index in [0.717, 1.165) is 12.0 Å². The number of phenolic OH excluding ortho intramolecular Hbond substituents is 1. The minimum Gasteiger partial charge on any atom is -0.504 e. The molecule has 0 spiro atoms. The van der Waals surface area contributed by atoms with Crippen LogP contribution in [0.3, 0.4) is 0 Å². The van der Waals surface area contributed by atoms with Crippen LogP contribution in [0.2, 0.25) is 0 Å². The van der Waals surface area contributed by atoms with Crippen LogP contribution in [0.1, 0.15) is 18.4 Å². The van der Waals surface area contributed by atoms with Crippen LogP contribution < -0.4 is 10.5 Å². The van der Waals surface area contributed by atoms with Gasteiger partial charge in [-0.15, -0.1) is 0 Å². The van der Waals surface area contributed by atoms with Crippen molar-refractivity contribution < 1.29 is 14.4 Å². The van der Waals surface area contributed by atoms with Crippen LogP contribution in [0.5, 0.6) is 11.5 Å². The van der Waals surface area contributed by atoms with E-state index in [1.54, 1.807) is 6.07 Å². The average molecular weight is 249 g/mol. The molecule has 1 aromatic carbocycles. The number of rotatable bonds is 4. The number of aryl methyl sites for hydroxylation is 1. The number of methoxy groups -OCH3 is 1. The maximum atomic E-state index is 10.2. The van der Waals surface area contributed by atoms with Gasteiger partial charge in [-0.25, -0.2) is 0 Å². The maximum absolute atomic E-state index is 10.2. The summed E-state index contributed by atoms with van der Waals surface area (Å²) in [4.78, 5) is 4.13. The van der Waals surface area contributed by atoms with Gasteiger partial charge in [-0.1, -0.05) is 18.1 Å². The summed E-state index contributed by atoms with van der Waals surface area (Å²) in [6, 6.07) is 3.58. The minimum atomic E-state index is 0.0150. The van der Waals surface area contributed by atoms with E-state index in [-0.39, 0.29) is 12.3 Å². The molecule has 2 aromatic rings. The third-order valence-corrected chi connectivity index (χ3v) is 2.69. The molecular weight excluding hydrogens is 234 g/mol. The first kappa shape index (κ1) is 12.4. The Morgan fingerprint density at radius 1 is 1.44 bits per heavy atom. The predicted octanol–water partition coefficient (Wildman–Crippen LogP) is 1.47. The van der Waals surface area contributed by atoms with Crippen molar-refractivity contribution in [3.05, 3.63) is 23.6 Å². The van der Waals surface area contributed by atoms with Crippen LogP contribution in [-0.2, 0) is 13.0 Å². The Balaban J connectivity index is 2.59. The van der Waals surface area contributed by atoms with E-state index in [2.05, 4.69) is 10.1 Å². The van der Waals surface area contributed by atoms with Crippen LogP contribution in [0.25, 0.3) is 11.4 Å². The van der Waals surface area contributed by atoms with E-state index in [0.29, 0.717) is 23.0 Å². The molecule has 0 atom stereocenters. The first-order valence-corrected chi connectivity index (χ1v) is 5.63. The van der Waals surface area contributed by atoms with Crippen molar-refractivity contribution in [2.45, 2.75) is 19.9 Å². The second kappa shape index (κ2) is 5.05. The Morgan fingerprint density at radius 2 is 2.22 bits per heavy atom. The predicted molar refractivity (Wildman–Crippen MR) is 65.2 cm³/mol. The average Bonchev–Trinajstić information content (AvgIpc) is 2.86. The smallest absolute Gasteiger partial charge is 0.240 e. The summed E-state index contributed by atoms with van der Waals surface area (Å²) in [5.41, 5.74) is 6.87. The summed E-state index contributed by atoms with van der Waals surface area (Å²) in [5, 5.41) is 14.0. The standard InChI is InChI=1S/C12H15N3O3/c1-3-7-4-5-8(17-2)11(16)10(7)12-14-9(6-13)18-15-12/h4-5,16H,3,6,13H2,1-2H3. The van der Waals surface area contributed by atoms with Crippen LogP contribution in [0.15, 0.2) is 16.7 Å². The first-order valence-electron chi connectivity index (χ1n) is 5.63. The van der Waals surface area contributed by atoms with Gasteiger partial charge in [0.1, 0.15) is 0 Å². The minimum absolute atomic E-state index is 0.0150. The van der Waals surface area contributed by atoms with Crippen molar-refractivity contribution in [3.63, 3.8) is 0 Å². The molecule has 6 nitrogen and oxygen atoms in total. The molecule has 0 aliphatic heterocycles. The summed E-state index contributed by atoms with van der Waals surface area (Å²) in [6.07, 6.45) is 0.736. The Hall–Kier alpha value is -2.08. The normalized spacial score (nSPS) is 10.6. The summed E-state index contributed by atoms with van der Waals surface area (Å²) in [5.74, 6) is 1.04. The molecule has 1 heterocycles. The zero-order valence-corrected chi connectivity index (χ0v) is 10.3. The van der Waals surface area contributed by atoms with Crippen molar-refractivity contribution in [2.75, 3.05) is 7.11 Å². The number of ether oxygens (including phenoxy) is 1. The molecule has 0 saturated heterocycles. The lowest BCUT2D eigenvalue weighted by Crippen LogP contribution is -1.97.